The molecule has 0 bridgehead atoms. The van der Waals surface area contributed by atoms with E-state index in [2.05, 4.69) is 53.4 Å². The average molecular weight is 346 g/mol. The maximum atomic E-state index is 5.65. The molecule has 1 aromatic rings. The molecule has 0 unspecified atom stereocenters. The van der Waals surface area contributed by atoms with Gasteiger partial charge >= 0.3 is 0 Å². The van der Waals surface area contributed by atoms with Crippen LogP contribution in [-0.4, -0.2) is 47.1 Å². The summed E-state index contributed by atoms with van der Waals surface area (Å²) in [6.45, 7) is 4.26. The van der Waals surface area contributed by atoms with Gasteiger partial charge in [-0.05, 0) is 63.5 Å². The molecule has 3 rings (SSSR count). The molecule has 0 radical (unpaired) electrons. The van der Waals surface area contributed by atoms with E-state index in [0.717, 1.165) is 36.0 Å². The number of nitrogens with one attached hydrogen (secondary N) is 1. The predicted molar refractivity (Wildman–Crippen MR) is 107 cm³/mol. The number of thiocarbonyl (C=S) groups is 1. The molecule has 1 aliphatic heterocycles. The van der Waals surface area contributed by atoms with E-state index < -0.39 is 0 Å². The van der Waals surface area contributed by atoms with Gasteiger partial charge in [0, 0.05) is 30.9 Å². The number of likely N-dealkylation sites (tertiary alicyclic amines) is 1. The molecule has 0 aromatic heterocycles. The molecule has 1 heterocycles. The third-order valence-corrected chi connectivity index (χ3v) is 6.23. The molecule has 0 atom stereocenters. The SMILES string of the molecule is Cc1ccccc1NC(=S)N1CCC(N(C)C2CCCCC2)CC1. The summed E-state index contributed by atoms with van der Waals surface area (Å²) in [6.07, 6.45) is 9.50. The lowest BCUT2D eigenvalue weighted by Crippen LogP contribution is -2.49. The Hall–Kier alpha value is -1.13. The van der Waals surface area contributed by atoms with E-state index >= 15 is 0 Å². The van der Waals surface area contributed by atoms with Crippen LogP contribution >= 0.6 is 12.2 Å². The van der Waals surface area contributed by atoms with Gasteiger partial charge in [-0.3, -0.25) is 0 Å². The van der Waals surface area contributed by atoms with E-state index in [9.17, 15) is 0 Å². The van der Waals surface area contributed by atoms with Crippen molar-refractivity contribution in [2.75, 3.05) is 25.5 Å². The second kappa shape index (κ2) is 8.30. The Bertz CT molecular complexity index is 546. The highest BCUT2D eigenvalue weighted by Gasteiger charge is 2.28. The first-order chi connectivity index (χ1) is 11.6. The summed E-state index contributed by atoms with van der Waals surface area (Å²) in [4.78, 5) is 5.02. The number of piperidine rings is 1. The Balaban J connectivity index is 1.49. The highest BCUT2D eigenvalue weighted by atomic mass is 32.1. The number of benzene rings is 1. The fraction of sp³-hybridized carbons (Fsp3) is 0.650. The Morgan fingerprint density at radius 3 is 2.33 bits per heavy atom. The minimum Gasteiger partial charge on any atom is -0.349 e. The second-order valence-corrected chi connectivity index (χ2v) is 7.81. The highest BCUT2D eigenvalue weighted by molar-refractivity contribution is 7.80. The molecule has 1 N–H and O–H groups in total. The first-order valence-electron chi connectivity index (χ1n) is 9.48. The van der Waals surface area contributed by atoms with E-state index in [1.165, 1.54) is 50.5 Å². The molecule has 1 saturated heterocycles. The zero-order valence-electron chi connectivity index (χ0n) is 15.1. The zero-order chi connectivity index (χ0) is 16.9. The number of rotatable bonds is 3. The standard InChI is InChI=1S/C20H31N3S/c1-16-8-6-7-11-19(16)21-20(24)23-14-12-18(13-15-23)22(2)17-9-4-3-5-10-17/h6-8,11,17-18H,3-5,9-10,12-15H2,1-2H3,(H,21,24). The number of nitrogens with zero attached hydrogens (tertiary/aromatic N) is 2. The molecule has 132 valence electrons. The van der Waals surface area contributed by atoms with Gasteiger partial charge < -0.3 is 15.1 Å². The number of anilines is 1. The highest BCUT2D eigenvalue weighted by Crippen LogP contribution is 2.26. The van der Waals surface area contributed by atoms with Crippen molar-refractivity contribution in [3.8, 4) is 0 Å². The van der Waals surface area contributed by atoms with Crippen molar-refractivity contribution in [3.63, 3.8) is 0 Å². The molecule has 3 nitrogen and oxygen atoms in total. The number of hydrogen-bond acceptors (Lipinski definition) is 2. The molecule has 2 fully saturated rings. The van der Waals surface area contributed by atoms with Crippen LogP contribution in [0.5, 0.6) is 0 Å². The molecular formula is C20H31N3S. The lowest BCUT2D eigenvalue weighted by Gasteiger charge is -2.42. The van der Waals surface area contributed by atoms with Gasteiger partial charge in [0.2, 0.25) is 0 Å². The summed E-state index contributed by atoms with van der Waals surface area (Å²) in [7, 11) is 2.35. The predicted octanol–water partition coefficient (Wildman–Crippen LogP) is 4.42. The summed E-state index contributed by atoms with van der Waals surface area (Å²) in [5.41, 5.74) is 2.37. The molecule has 1 aromatic carbocycles. The Morgan fingerprint density at radius 2 is 1.67 bits per heavy atom. The topological polar surface area (TPSA) is 18.5 Å². The van der Waals surface area contributed by atoms with E-state index in [-0.39, 0.29) is 0 Å². The van der Waals surface area contributed by atoms with Crippen LogP contribution in [0.15, 0.2) is 24.3 Å². The summed E-state index contributed by atoms with van der Waals surface area (Å²) in [6, 6.07) is 9.89. The second-order valence-electron chi connectivity index (χ2n) is 7.42. The molecule has 1 saturated carbocycles. The lowest BCUT2D eigenvalue weighted by atomic mass is 9.92. The number of para-hydroxylation sites is 1. The van der Waals surface area contributed by atoms with Crippen LogP contribution in [0.1, 0.15) is 50.5 Å². The molecule has 2 aliphatic rings. The van der Waals surface area contributed by atoms with Gasteiger partial charge in [0.25, 0.3) is 0 Å². The summed E-state index contributed by atoms with van der Waals surface area (Å²) in [5, 5.41) is 4.31. The van der Waals surface area contributed by atoms with E-state index in [4.69, 9.17) is 12.2 Å². The molecule has 4 heteroatoms. The van der Waals surface area contributed by atoms with Crippen molar-refractivity contribution >= 4 is 23.0 Å². The molecule has 0 spiro atoms. The van der Waals surface area contributed by atoms with Crippen LogP contribution in [0.4, 0.5) is 5.69 Å². The lowest BCUT2D eigenvalue weighted by molar-refractivity contribution is 0.0985. The first-order valence-corrected chi connectivity index (χ1v) is 9.89. The summed E-state index contributed by atoms with van der Waals surface area (Å²) < 4.78 is 0. The van der Waals surface area contributed by atoms with Crippen LogP contribution in [0.2, 0.25) is 0 Å². The fourth-order valence-corrected chi connectivity index (χ4v) is 4.46. The normalized spacial score (nSPS) is 20.4. The fourth-order valence-electron chi connectivity index (χ4n) is 4.17. The maximum Gasteiger partial charge on any atom is 0.173 e. The van der Waals surface area contributed by atoms with Crippen LogP contribution < -0.4 is 5.32 Å². The van der Waals surface area contributed by atoms with E-state index in [1.807, 2.05) is 0 Å². The Morgan fingerprint density at radius 1 is 1.04 bits per heavy atom. The van der Waals surface area contributed by atoms with Crippen LogP contribution in [0, 0.1) is 6.92 Å². The van der Waals surface area contributed by atoms with Gasteiger partial charge in [-0.25, -0.2) is 0 Å². The van der Waals surface area contributed by atoms with Crippen LogP contribution in [0.25, 0.3) is 0 Å². The van der Waals surface area contributed by atoms with E-state index in [1.54, 1.807) is 0 Å². The van der Waals surface area contributed by atoms with Gasteiger partial charge in [0.15, 0.2) is 5.11 Å². The van der Waals surface area contributed by atoms with Gasteiger partial charge in [-0.15, -0.1) is 0 Å². The van der Waals surface area contributed by atoms with Gasteiger partial charge in [0.1, 0.15) is 0 Å². The Labute approximate surface area is 152 Å². The Kier molecular flexibility index (Phi) is 6.12. The smallest absolute Gasteiger partial charge is 0.173 e. The average Bonchev–Trinajstić information content (AvgIpc) is 2.64. The zero-order valence-corrected chi connectivity index (χ0v) is 15.9. The largest absolute Gasteiger partial charge is 0.349 e. The number of aryl methyl sites for hydroxylation is 1. The van der Waals surface area contributed by atoms with Crippen molar-refractivity contribution in [1.29, 1.82) is 0 Å². The van der Waals surface area contributed by atoms with E-state index in [0.29, 0.717) is 0 Å². The molecule has 0 amide bonds. The minimum absolute atomic E-state index is 0.727. The minimum atomic E-state index is 0.727. The third kappa shape index (κ3) is 4.28. The first kappa shape index (κ1) is 17.7. The quantitative estimate of drug-likeness (QED) is 0.817. The number of hydrogen-bond donors (Lipinski definition) is 1. The van der Waals surface area contributed by atoms with Gasteiger partial charge in [-0.1, -0.05) is 37.5 Å². The van der Waals surface area contributed by atoms with Gasteiger partial charge in [0.05, 0.1) is 0 Å². The summed E-state index contributed by atoms with van der Waals surface area (Å²) in [5.74, 6) is 0. The van der Waals surface area contributed by atoms with Gasteiger partial charge in [-0.2, -0.15) is 0 Å². The molecule has 1 aliphatic carbocycles. The van der Waals surface area contributed by atoms with Crippen molar-refractivity contribution in [1.82, 2.24) is 9.80 Å². The van der Waals surface area contributed by atoms with Crippen molar-refractivity contribution in [2.45, 2.75) is 64.0 Å². The third-order valence-electron chi connectivity index (χ3n) is 5.86. The van der Waals surface area contributed by atoms with Crippen LogP contribution in [-0.2, 0) is 0 Å². The monoisotopic (exact) mass is 345 g/mol. The summed E-state index contributed by atoms with van der Waals surface area (Å²) >= 11 is 5.65. The van der Waals surface area contributed by atoms with Crippen molar-refractivity contribution in [2.24, 2.45) is 0 Å². The van der Waals surface area contributed by atoms with Crippen molar-refractivity contribution in [3.05, 3.63) is 29.8 Å². The van der Waals surface area contributed by atoms with Crippen molar-refractivity contribution < 1.29 is 0 Å². The molecule has 24 heavy (non-hydrogen) atoms. The maximum absolute atomic E-state index is 5.65. The molecular weight excluding hydrogens is 314 g/mol. The van der Waals surface area contributed by atoms with Crippen LogP contribution in [0.3, 0.4) is 0 Å².